The molecule has 25 heavy (non-hydrogen) atoms. The highest BCUT2D eigenvalue weighted by Crippen LogP contribution is 2.20. The highest BCUT2D eigenvalue weighted by Gasteiger charge is 2.10. The Bertz CT molecular complexity index is 711. The van der Waals surface area contributed by atoms with Crippen LogP contribution in [0.4, 0.5) is 5.69 Å². The van der Waals surface area contributed by atoms with Gasteiger partial charge in [0.2, 0.25) is 5.91 Å². The first-order valence-corrected chi connectivity index (χ1v) is 9.09. The minimum absolute atomic E-state index is 0.0262. The molecule has 0 saturated heterocycles. The van der Waals surface area contributed by atoms with Crippen LogP contribution < -0.4 is 15.4 Å². The molecule has 2 N–H and O–H groups in total. The zero-order valence-electron chi connectivity index (χ0n) is 14.7. The summed E-state index contributed by atoms with van der Waals surface area (Å²) in [6.45, 7) is 6.56. The van der Waals surface area contributed by atoms with Crippen molar-refractivity contribution in [2.24, 2.45) is 0 Å². The molecule has 0 aliphatic rings. The molecular weight excluding hydrogens is 338 g/mol. The number of carbonyl (C=O) groups is 2. The van der Waals surface area contributed by atoms with Gasteiger partial charge < -0.3 is 15.4 Å². The summed E-state index contributed by atoms with van der Waals surface area (Å²) in [6, 6.07) is 6.92. The van der Waals surface area contributed by atoms with Gasteiger partial charge in [-0.3, -0.25) is 9.59 Å². The number of anilines is 1. The number of benzene rings is 1. The molecule has 0 unspecified atom stereocenters. The molecule has 0 atom stereocenters. The number of rotatable bonds is 8. The Morgan fingerprint density at radius 1 is 1.20 bits per heavy atom. The first kappa shape index (κ1) is 18.9. The molecule has 0 aliphatic heterocycles. The fourth-order valence-electron chi connectivity index (χ4n) is 2.07. The summed E-state index contributed by atoms with van der Waals surface area (Å²) >= 11 is 1.58. The van der Waals surface area contributed by atoms with Gasteiger partial charge in [0, 0.05) is 23.5 Å². The second-order valence-electron chi connectivity index (χ2n) is 5.82. The van der Waals surface area contributed by atoms with Gasteiger partial charge in [0.25, 0.3) is 5.91 Å². The van der Waals surface area contributed by atoms with Gasteiger partial charge in [0.1, 0.15) is 5.75 Å². The van der Waals surface area contributed by atoms with E-state index >= 15 is 0 Å². The molecule has 0 saturated carbocycles. The second-order valence-corrected chi connectivity index (χ2v) is 6.71. The number of ether oxygens (including phenoxy) is 1. The van der Waals surface area contributed by atoms with E-state index in [1.54, 1.807) is 35.6 Å². The zero-order valence-corrected chi connectivity index (χ0v) is 15.5. The summed E-state index contributed by atoms with van der Waals surface area (Å²) in [5.74, 6) is 0.666. The number of likely N-dealkylation sites (N-methyl/N-ethyl adjacent to an activating group) is 1. The van der Waals surface area contributed by atoms with Crippen LogP contribution >= 0.6 is 11.3 Å². The maximum absolute atomic E-state index is 12.1. The van der Waals surface area contributed by atoms with Crippen molar-refractivity contribution in [1.82, 2.24) is 10.3 Å². The molecule has 1 aromatic carbocycles. The Hall–Kier alpha value is -2.41. The molecule has 0 bridgehead atoms. The average Bonchev–Trinajstić information content (AvgIpc) is 3.03. The Kier molecular flexibility index (Phi) is 6.94. The van der Waals surface area contributed by atoms with Gasteiger partial charge >= 0.3 is 0 Å². The normalized spacial score (nSPS) is 10.6. The lowest BCUT2D eigenvalue weighted by atomic mass is 10.2. The molecule has 2 amide bonds. The molecule has 2 rings (SSSR count). The quantitative estimate of drug-likeness (QED) is 0.757. The van der Waals surface area contributed by atoms with E-state index in [-0.39, 0.29) is 24.8 Å². The molecule has 0 spiro atoms. The van der Waals surface area contributed by atoms with Gasteiger partial charge in [-0.15, -0.1) is 11.3 Å². The minimum atomic E-state index is -0.163. The van der Waals surface area contributed by atoms with Gasteiger partial charge in [-0.1, -0.05) is 13.8 Å². The monoisotopic (exact) mass is 361 g/mol. The fourth-order valence-corrected chi connectivity index (χ4v) is 2.91. The number of aromatic nitrogens is 1. The van der Waals surface area contributed by atoms with Gasteiger partial charge in [-0.05, 0) is 31.2 Å². The van der Waals surface area contributed by atoms with Crippen LogP contribution in [0.2, 0.25) is 0 Å². The molecule has 0 radical (unpaired) electrons. The Morgan fingerprint density at radius 3 is 2.52 bits per heavy atom. The predicted octanol–water partition coefficient (Wildman–Crippen LogP) is 2.96. The molecule has 2 aromatic rings. The third-order valence-corrected chi connectivity index (χ3v) is 4.48. The Labute approximate surface area is 151 Å². The summed E-state index contributed by atoms with van der Waals surface area (Å²) < 4.78 is 5.37. The first-order valence-electron chi connectivity index (χ1n) is 8.21. The number of nitrogens with one attached hydrogen (secondary N) is 2. The van der Waals surface area contributed by atoms with Crippen LogP contribution in [0.1, 0.15) is 37.4 Å². The molecule has 0 fully saturated rings. The van der Waals surface area contributed by atoms with Crippen LogP contribution in [0.15, 0.2) is 29.6 Å². The zero-order chi connectivity index (χ0) is 18.2. The van der Waals surface area contributed by atoms with Crippen molar-refractivity contribution in [3.8, 4) is 5.75 Å². The van der Waals surface area contributed by atoms with Gasteiger partial charge in [-0.25, -0.2) is 4.98 Å². The molecule has 6 nitrogen and oxygen atoms in total. The highest BCUT2D eigenvalue weighted by molar-refractivity contribution is 7.09. The van der Waals surface area contributed by atoms with E-state index in [4.69, 9.17) is 4.74 Å². The smallest absolute Gasteiger partial charge is 0.257 e. The summed E-state index contributed by atoms with van der Waals surface area (Å²) in [5.41, 5.74) is 1.46. The number of nitrogens with zero attached hydrogens (tertiary/aromatic N) is 1. The number of thiazole rings is 1. The second kappa shape index (κ2) is 9.17. The van der Waals surface area contributed by atoms with Crippen molar-refractivity contribution in [2.75, 3.05) is 18.5 Å². The summed E-state index contributed by atoms with van der Waals surface area (Å²) in [5, 5.41) is 8.45. The van der Waals surface area contributed by atoms with E-state index in [1.165, 1.54) is 0 Å². The lowest BCUT2D eigenvalue weighted by Gasteiger charge is -2.08. The fraction of sp³-hybridized carbons (Fsp3) is 0.389. The Morgan fingerprint density at radius 2 is 1.92 bits per heavy atom. The third kappa shape index (κ3) is 6.19. The topological polar surface area (TPSA) is 80.3 Å². The maximum Gasteiger partial charge on any atom is 0.257 e. The van der Waals surface area contributed by atoms with Crippen LogP contribution in [-0.2, 0) is 16.0 Å². The average molecular weight is 361 g/mol. The van der Waals surface area contributed by atoms with Crippen LogP contribution in [0.3, 0.4) is 0 Å². The molecule has 134 valence electrons. The van der Waals surface area contributed by atoms with E-state index < -0.39 is 0 Å². The van der Waals surface area contributed by atoms with Crippen molar-refractivity contribution >= 4 is 28.8 Å². The maximum atomic E-state index is 12.1. The summed E-state index contributed by atoms with van der Waals surface area (Å²) in [7, 11) is 0. The molecule has 1 heterocycles. The van der Waals surface area contributed by atoms with Gasteiger partial charge in [0.15, 0.2) is 6.61 Å². The van der Waals surface area contributed by atoms with Crippen molar-refractivity contribution in [1.29, 1.82) is 0 Å². The molecule has 1 aromatic heterocycles. The summed E-state index contributed by atoms with van der Waals surface area (Å²) in [6.07, 6.45) is 0.249. The van der Waals surface area contributed by atoms with Crippen LogP contribution in [0, 0.1) is 0 Å². The van der Waals surface area contributed by atoms with Crippen LogP contribution in [0.5, 0.6) is 5.75 Å². The van der Waals surface area contributed by atoms with Crippen LogP contribution in [-0.4, -0.2) is 29.9 Å². The lowest BCUT2D eigenvalue weighted by Crippen LogP contribution is -2.28. The van der Waals surface area contributed by atoms with E-state index in [1.807, 2.05) is 12.3 Å². The highest BCUT2D eigenvalue weighted by atomic mass is 32.1. The van der Waals surface area contributed by atoms with E-state index in [0.29, 0.717) is 23.9 Å². The van der Waals surface area contributed by atoms with Crippen molar-refractivity contribution in [3.63, 3.8) is 0 Å². The first-order chi connectivity index (χ1) is 12.0. The van der Waals surface area contributed by atoms with E-state index in [0.717, 1.165) is 10.7 Å². The van der Waals surface area contributed by atoms with Crippen LogP contribution in [0.25, 0.3) is 0 Å². The van der Waals surface area contributed by atoms with Crippen molar-refractivity contribution in [2.45, 2.75) is 33.1 Å². The Balaban J connectivity index is 1.83. The SMILES string of the molecule is CCNC(=O)COc1ccc(NC(=O)Cc2csc(C(C)C)n2)cc1. The van der Waals surface area contributed by atoms with Crippen molar-refractivity contribution in [3.05, 3.63) is 40.3 Å². The minimum Gasteiger partial charge on any atom is -0.484 e. The van der Waals surface area contributed by atoms with E-state index in [2.05, 4.69) is 29.5 Å². The molecule has 0 aliphatic carbocycles. The van der Waals surface area contributed by atoms with Gasteiger partial charge in [0.05, 0.1) is 17.1 Å². The number of carbonyl (C=O) groups excluding carboxylic acids is 2. The summed E-state index contributed by atoms with van der Waals surface area (Å²) in [4.78, 5) is 27.9. The number of hydrogen-bond donors (Lipinski definition) is 2. The van der Waals surface area contributed by atoms with Gasteiger partial charge in [-0.2, -0.15) is 0 Å². The predicted molar refractivity (Wildman–Crippen MR) is 99.2 cm³/mol. The largest absolute Gasteiger partial charge is 0.484 e. The molecular formula is C18H23N3O3S. The standard InChI is InChI=1S/C18H23N3O3S/c1-4-19-17(23)10-24-15-7-5-13(6-8-15)20-16(22)9-14-11-25-18(21-14)12(2)3/h5-8,11-12H,4,9-10H2,1-3H3,(H,19,23)(H,20,22). The number of hydrogen-bond acceptors (Lipinski definition) is 5. The van der Waals surface area contributed by atoms with E-state index in [9.17, 15) is 9.59 Å². The third-order valence-electron chi connectivity index (χ3n) is 3.29. The number of amides is 2. The molecule has 7 heteroatoms. The lowest BCUT2D eigenvalue weighted by molar-refractivity contribution is -0.123. The van der Waals surface area contributed by atoms with Crippen molar-refractivity contribution < 1.29 is 14.3 Å².